The van der Waals surface area contributed by atoms with E-state index in [2.05, 4.69) is 357 Å². The van der Waals surface area contributed by atoms with Crippen LogP contribution in [0.15, 0.2) is 305 Å². The van der Waals surface area contributed by atoms with Gasteiger partial charge in [-0.2, -0.15) is 0 Å². The lowest BCUT2D eigenvalue weighted by Crippen LogP contribution is -2.64. The maximum atomic E-state index is 2.76. The molecule has 0 aliphatic carbocycles. The van der Waals surface area contributed by atoms with Crippen molar-refractivity contribution in [2.24, 2.45) is 0 Å². The summed E-state index contributed by atoms with van der Waals surface area (Å²) < 4.78 is 0. The van der Waals surface area contributed by atoms with Crippen molar-refractivity contribution in [1.29, 1.82) is 0 Å². The molecule has 2 nitrogen and oxygen atoms in total. The second-order valence-corrected chi connectivity index (χ2v) is 31.8. The minimum Gasteiger partial charge on any atom is -0.311 e. The lowest BCUT2D eigenvalue weighted by atomic mass is 9.31. The maximum Gasteiger partial charge on any atom is 0.249 e. The molecule has 13 aromatic rings. The second-order valence-electron chi connectivity index (χ2n) is 29.6. The van der Waals surface area contributed by atoms with Crippen molar-refractivity contribution in [3.05, 3.63) is 302 Å². The van der Waals surface area contributed by atoms with E-state index in [0.29, 0.717) is 0 Å². The minimum atomic E-state index is -0.183. The third-order valence-corrected chi connectivity index (χ3v) is 22.7. The van der Waals surface area contributed by atoms with E-state index in [0.717, 1.165) is 5.69 Å². The summed E-state index contributed by atoms with van der Waals surface area (Å²) in [4.78, 5) is 10.6. The molecule has 0 saturated heterocycles. The van der Waals surface area contributed by atoms with Crippen molar-refractivity contribution in [2.75, 3.05) is 9.80 Å². The summed E-state index contributed by atoms with van der Waals surface area (Å²) in [6.45, 7) is 21.0. The zero-order valence-corrected chi connectivity index (χ0v) is 57.6. The SMILES string of the molecule is CC(C)(C)c1ccc(N2c3cc4c(cc3B3c5ccc(-c6ccccc6)cc5Sc5cc(-c6ccccc6-c6ccccc6)cc2c53)B2c3ccc(-c5ccccc5)cc3Sc3cc(C(C)(C)C)cc(c32)N4c2c(-c3ccccc3)cc(C(C)(C)C)cc2-c2ccccc2)cc1. The van der Waals surface area contributed by atoms with E-state index < -0.39 is 0 Å². The molecule has 0 saturated carbocycles. The molecule has 4 aliphatic rings. The zero-order valence-electron chi connectivity index (χ0n) is 56.0. The van der Waals surface area contributed by atoms with Crippen molar-refractivity contribution in [3.63, 3.8) is 0 Å². The van der Waals surface area contributed by atoms with Gasteiger partial charge in [0.25, 0.3) is 0 Å². The summed E-state index contributed by atoms with van der Waals surface area (Å²) in [6, 6.07) is 109. The Bertz CT molecular complexity index is 5160. The van der Waals surface area contributed by atoms with Crippen LogP contribution in [0.25, 0.3) is 66.8 Å². The number of benzene rings is 13. The Hall–Kier alpha value is -9.71. The normalized spacial score (nSPS) is 13.5. The number of hydrogen-bond acceptors (Lipinski definition) is 4. The summed E-state index contributed by atoms with van der Waals surface area (Å²) in [5.74, 6) is 0. The van der Waals surface area contributed by atoms with Crippen LogP contribution in [0, 0.1) is 0 Å². The average Bonchev–Trinajstić information content (AvgIpc) is 0.687. The quantitative estimate of drug-likeness (QED) is 0.140. The van der Waals surface area contributed by atoms with Gasteiger partial charge in [0.15, 0.2) is 0 Å². The molecular formula is C90H74B2N2S2. The largest absolute Gasteiger partial charge is 0.311 e. The fourth-order valence-electron chi connectivity index (χ4n) is 15.4. The Balaban J connectivity index is 1.03. The van der Waals surface area contributed by atoms with Gasteiger partial charge in [0, 0.05) is 59.1 Å². The monoisotopic (exact) mass is 1270 g/mol. The van der Waals surface area contributed by atoms with Crippen LogP contribution in [-0.2, 0) is 16.2 Å². The molecule has 0 atom stereocenters. The van der Waals surface area contributed by atoms with Crippen LogP contribution in [0.2, 0.25) is 0 Å². The third-order valence-electron chi connectivity index (χ3n) is 20.4. The molecule has 0 radical (unpaired) electrons. The molecule has 0 aromatic heterocycles. The summed E-state index contributed by atoms with van der Waals surface area (Å²) in [7, 11) is 0. The first-order valence-corrected chi connectivity index (χ1v) is 35.6. The van der Waals surface area contributed by atoms with E-state index in [1.54, 1.807) is 0 Å². The van der Waals surface area contributed by atoms with Gasteiger partial charge in [-0.3, -0.25) is 0 Å². The van der Waals surface area contributed by atoms with Crippen LogP contribution in [0.5, 0.6) is 0 Å². The van der Waals surface area contributed by atoms with Crippen LogP contribution >= 0.6 is 23.5 Å². The molecule has 0 spiro atoms. The molecule has 6 heteroatoms. The van der Waals surface area contributed by atoms with E-state index in [-0.39, 0.29) is 29.7 Å². The third kappa shape index (κ3) is 10.2. The maximum absolute atomic E-state index is 2.76. The van der Waals surface area contributed by atoms with Gasteiger partial charge in [0.05, 0.1) is 5.69 Å². The van der Waals surface area contributed by atoms with Crippen LogP contribution in [0.3, 0.4) is 0 Å². The summed E-state index contributed by atoms with van der Waals surface area (Å²) >= 11 is 3.89. The molecule has 17 rings (SSSR count). The lowest BCUT2D eigenvalue weighted by Gasteiger charge is -2.46. The number of anilines is 6. The summed E-state index contributed by atoms with van der Waals surface area (Å²) in [5.41, 5.74) is 33.1. The first kappa shape index (κ1) is 60.0. The molecule has 4 aliphatic heterocycles. The molecule has 96 heavy (non-hydrogen) atoms. The van der Waals surface area contributed by atoms with E-state index in [1.807, 2.05) is 23.5 Å². The first-order valence-electron chi connectivity index (χ1n) is 33.9. The molecule has 13 aromatic carbocycles. The van der Waals surface area contributed by atoms with Gasteiger partial charge < -0.3 is 9.80 Å². The fraction of sp³-hybridized carbons (Fsp3) is 0.133. The van der Waals surface area contributed by atoms with E-state index in [1.165, 1.54) is 164 Å². The smallest absolute Gasteiger partial charge is 0.249 e. The van der Waals surface area contributed by atoms with Crippen molar-refractivity contribution in [3.8, 4) is 66.8 Å². The highest BCUT2D eigenvalue weighted by molar-refractivity contribution is 8.00. The second kappa shape index (κ2) is 23.0. The van der Waals surface area contributed by atoms with Crippen LogP contribution < -0.4 is 42.6 Å². The van der Waals surface area contributed by atoms with Gasteiger partial charge in [-0.25, -0.2) is 0 Å². The molecule has 462 valence electrons. The van der Waals surface area contributed by atoms with Crippen LogP contribution in [0.1, 0.15) is 79.0 Å². The van der Waals surface area contributed by atoms with E-state index in [9.17, 15) is 0 Å². The predicted molar refractivity (Wildman–Crippen MR) is 415 cm³/mol. The highest BCUT2D eigenvalue weighted by Crippen LogP contribution is 2.54. The molecular weight excluding hydrogens is 1190 g/mol. The van der Waals surface area contributed by atoms with E-state index >= 15 is 0 Å². The van der Waals surface area contributed by atoms with Gasteiger partial charge in [-0.1, -0.05) is 315 Å². The van der Waals surface area contributed by atoms with Gasteiger partial charge in [0.1, 0.15) is 0 Å². The predicted octanol–water partition coefficient (Wildman–Crippen LogP) is 21.1. The topological polar surface area (TPSA) is 6.48 Å². The molecule has 4 heterocycles. The Labute approximate surface area is 576 Å². The average molecular weight is 1270 g/mol. The number of nitrogens with zero attached hydrogens (tertiary/aromatic N) is 2. The summed E-state index contributed by atoms with van der Waals surface area (Å²) in [5, 5.41) is 0. The highest BCUT2D eigenvalue weighted by Gasteiger charge is 2.48. The van der Waals surface area contributed by atoms with E-state index in [4.69, 9.17) is 0 Å². The Morgan fingerprint density at radius 3 is 1.10 bits per heavy atom. The summed E-state index contributed by atoms with van der Waals surface area (Å²) in [6.07, 6.45) is 0. The molecule has 0 unspecified atom stereocenters. The Kier molecular flexibility index (Phi) is 14.4. The van der Waals surface area contributed by atoms with Crippen molar-refractivity contribution < 1.29 is 0 Å². The molecule has 0 amide bonds. The Morgan fingerprint density at radius 2 is 0.635 bits per heavy atom. The standard InChI is InChI=1S/C90H74B2N2S2/c1-88(2,3)65-41-43-68(44-42-65)93-77-56-78-76(55-75(77)91-73-45-39-62(57-27-15-10-16-28-57)48-81(73)95-83-50-64(47-79(93)85(83)91)70-38-26-25-37-69(70)59-31-19-12-20-32-59)92-74-46-40-63(58-29-17-11-18-30-58)49-82(74)96-84-54-67(90(7,8)9)53-80(86(84)92)94(78)87-71(60-33-21-13-22-34-60)51-66(89(4,5)6)52-72(87)61-35-23-14-24-36-61/h10-56H,1-9H3. The van der Waals surface area contributed by atoms with Gasteiger partial charge >= 0.3 is 0 Å². The number of fused-ring (bicyclic) bond motifs is 8. The molecule has 0 fully saturated rings. The highest BCUT2D eigenvalue weighted by atomic mass is 32.2. The lowest BCUT2D eigenvalue weighted by molar-refractivity contribution is 0.589. The molecule has 0 N–H and O–H groups in total. The van der Waals surface area contributed by atoms with Gasteiger partial charge in [0.2, 0.25) is 13.4 Å². The number of rotatable bonds is 8. The zero-order chi connectivity index (χ0) is 65.4. The van der Waals surface area contributed by atoms with Gasteiger partial charge in [-0.05, 0) is 177 Å². The first-order chi connectivity index (χ1) is 46.5. The minimum absolute atomic E-state index is 0.0494. The number of hydrogen-bond donors (Lipinski definition) is 0. The fourth-order valence-corrected chi connectivity index (χ4v) is 17.9. The van der Waals surface area contributed by atoms with Crippen molar-refractivity contribution >= 4 is 104 Å². The Morgan fingerprint density at radius 1 is 0.250 bits per heavy atom. The van der Waals surface area contributed by atoms with Crippen molar-refractivity contribution in [2.45, 2.75) is 98.1 Å². The van der Waals surface area contributed by atoms with Crippen LogP contribution in [-0.4, -0.2) is 13.4 Å². The molecule has 0 bridgehead atoms. The van der Waals surface area contributed by atoms with Crippen LogP contribution in [0.4, 0.5) is 34.1 Å². The van der Waals surface area contributed by atoms with Gasteiger partial charge in [-0.15, -0.1) is 0 Å². The van der Waals surface area contributed by atoms with Crippen molar-refractivity contribution in [1.82, 2.24) is 0 Å².